The monoisotopic (exact) mass is 287 g/mol. The summed E-state index contributed by atoms with van der Waals surface area (Å²) in [5.41, 5.74) is 1.22. The molecule has 2 N–H and O–H groups in total. The third kappa shape index (κ3) is 5.99. The number of nitrogens with zero attached hydrogens (tertiary/aromatic N) is 1. The molecule has 114 valence electrons. The molecule has 21 heavy (non-hydrogen) atoms. The van der Waals surface area contributed by atoms with Crippen LogP contribution in [0.15, 0.2) is 30.3 Å². The Balaban J connectivity index is 2.62. The Kier molecular flexibility index (Phi) is 8.18. The topological polar surface area (TPSA) is 44.4 Å². The van der Waals surface area contributed by atoms with Crippen LogP contribution in [0.2, 0.25) is 0 Å². The van der Waals surface area contributed by atoms with E-state index in [1.165, 1.54) is 5.56 Å². The van der Waals surface area contributed by atoms with Crippen LogP contribution in [0.3, 0.4) is 0 Å². The van der Waals surface area contributed by atoms with Gasteiger partial charge < -0.3 is 5.32 Å². The van der Waals surface area contributed by atoms with Gasteiger partial charge in [-0.2, -0.15) is 0 Å². The van der Waals surface area contributed by atoms with Crippen LogP contribution in [0, 0.1) is 12.3 Å². The van der Waals surface area contributed by atoms with Crippen LogP contribution in [-0.4, -0.2) is 43.5 Å². The Bertz CT molecular complexity index is 449. The predicted octanol–water partition coefficient (Wildman–Crippen LogP) is 1.41. The molecule has 1 atom stereocenters. The van der Waals surface area contributed by atoms with E-state index in [2.05, 4.69) is 47.4 Å². The molecule has 0 aliphatic rings. The van der Waals surface area contributed by atoms with Crippen LogP contribution < -0.4 is 10.6 Å². The van der Waals surface area contributed by atoms with E-state index in [0.29, 0.717) is 13.1 Å². The summed E-state index contributed by atoms with van der Waals surface area (Å²) in [7, 11) is 0. The van der Waals surface area contributed by atoms with Crippen molar-refractivity contribution < 1.29 is 4.79 Å². The summed E-state index contributed by atoms with van der Waals surface area (Å²) in [5, 5.41) is 5.87. The maximum atomic E-state index is 11.8. The summed E-state index contributed by atoms with van der Waals surface area (Å²) < 4.78 is 0. The van der Waals surface area contributed by atoms with Crippen molar-refractivity contribution in [2.24, 2.45) is 0 Å². The van der Waals surface area contributed by atoms with Crippen molar-refractivity contribution >= 4 is 5.91 Å². The lowest BCUT2D eigenvalue weighted by molar-refractivity contribution is -0.120. The number of hydrogen-bond acceptors (Lipinski definition) is 3. The van der Waals surface area contributed by atoms with Gasteiger partial charge in [-0.1, -0.05) is 50.1 Å². The van der Waals surface area contributed by atoms with E-state index in [9.17, 15) is 4.79 Å². The number of hydrogen-bond donors (Lipinski definition) is 2. The summed E-state index contributed by atoms with van der Waals surface area (Å²) in [6.45, 7) is 7.42. The van der Waals surface area contributed by atoms with Crippen molar-refractivity contribution in [3.8, 4) is 12.3 Å². The highest BCUT2D eigenvalue weighted by molar-refractivity contribution is 5.78. The predicted molar refractivity (Wildman–Crippen MR) is 86.8 cm³/mol. The van der Waals surface area contributed by atoms with Gasteiger partial charge in [-0.25, -0.2) is 0 Å². The average Bonchev–Trinajstić information content (AvgIpc) is 2.52. The maximum absolute atomic E-state index is 11.8. The number of carbonyl (C=O) groups is 1. The summed E-state index contributed by atoms with van der Waals surface area (Å²) in [4.78, 5) is 14.1. The van der Waals surface area contributed by atoms with E-state index in [4.69, 9.17) is 6.42 Å². The first kappa shape index (κ1) is 17.2. The number of benzene rings is 1. The van der Waals surface area contributed by atoms with E-state index >= 15 is 0 Å². The quantitative estimate of drug-likeness (QED) is 0.533. The minimum Gasteiger partial charge on any atom is -0.353 e. The van der Waals surface area contributed by atoms with Crippen molar-refractivity contribution in [3.05, 3.63) is 35.9 Å². The van der Waals surface area contributed by atoms with Gasteiger partial charge in [-0.3, -0.25) is 15.0 Å². The number of terminal acetylenes is 1. The Labute approximate surface area is 127 Å². The van der Waals surface area contributed by atoms with Crippen molar-refractivity contribution in [1.82, 2.24) is 15.5 Å². The van der Waals surface area contributed by atoms with E-state index < -0.39 is 0 Å². The van der Waals surface area contributed by atoms with Gasteiger partial charge in [0.2, 0.25) is 5.91 Å². The maximum Gasteiger partial charge on any atom is 0.234 e. The highest BCUT2D eigenvalue weighted by atomic mass is 16.1. The molecule has 1 aromatic carbocycles. The molecule has 1 aromatic rings. The number of carbonyl (C=O) groups excluding carboxylic acids is 1. The standard InChI is InChI=1S/C17H25N3O/c1-4-12-18-14-17(21)19-13-16(20(5-2)6-3)15-10-8-7-9-11-15/h1,7-11,16,18H,5-6,12-14H2,2-3H3,(H,19,21). The molecule has 4 nitrogen and oxygen atoms in total. The first-order valence-electron chi connectivity index (χ1n) is 7.42. The second-order valence-corrected chi connectivity index (χ2v) is 4.76. The molecule has 1 rings (SSSR count). The van der Waals surface area contributed by atoms with Crippen molar-refractivity contribution in [2.45, 2.75) is 19.9 Å². The molecule has 0 bridgehead atoms. The van der Waals surface area contributed by atoms with E-state index in [1.54, 1.807) is 0 Å². The zero-order valence-electron chi connectivity index (χ0n) is 12.9. The molecule has 0 heterocycles. The minimum atomic E-state index is -0.0293. The smallest absolute Gasteiger partial charge is 0.234 e. The van der Waals surface area contributed by atoms with E-state index in [0.717, 1.165) is 13.1 Å². The van der Waals surface area contributed by atoms with Crippen molar-refractivity contribution in [2.75, 3.05) is 32.7 Å². The SMILES string of the molecule is C#CCNCC(=O)NCC(c1ccccc1)N(CC)CC. The minimum absolute atomic E-state index is 0.0293. The highest BCUT2D eigenvalue weighted by Crippen LogP contribution is 2.19. The molecule has 0 radical (unpaired) electrons. The number of rotatable bonds is 9. The Morgan fingerprint density at radius 2 is 1.95 bits per heavy atom. The third-order valence-electron chi connectivity index (χ3n) is 3.44. The molecule has 0 aliphatic heterocycles. The van der Waals surface area contributed by atoms with Crippen molar-refractivity contribution in [3.63, 3.8) is 0 Å². The largest absolute Gasteiger partial charge is 0.353 e. The van der Waals surface area contributed by atoms with Crippen LogP contribution in [0.1, 0.15) is 25.5 Å². The summed E-state index contributed by atoms with van der Waals surface area (Å²) in [6, 6.07) is 10.5. The summed E-state index contributed by atoms with van der Waals surface area (Å²) in [5.74, 6) is 2.42. The third-order valence-corrected chi connectivity index (χ3v) is 3.44. The van der Waals surface area contributed by atoms with Gasteiger partial charge in [-0.05, 0) is 18.7 Å². The molecular formula is C17H25N3O. The molecule has 4 heteroatoms. The van der Waals surface area contributed by atoms with Crippen LogP contribution >= 0.6 is 0 Å². The molecule has 1 amide bonds. The molecule has 0 aliphatic carbocycles. The summed E-state index contributed by atoms with van der Waals surface area (Å²) >= 11 is 0. The fourth-order valence-electron chi connectivity index (χ4n) is 2.32. The Morgan fingerprint density at radius 3 is 2.52 bits per heavy atom. The van der Waals surface area contributed by atoms with Crippen LogP contribution in [0.4, 0.5) is 0 Å². The zero-order chi connectivity index (χ0) is 15.5. The average molecular weight is 287 g/mol. The molecule has 0 fully saturated rings. The zero-order valence-corrected chi connectivity index (χ0v) is 12.9. The van der Waals surface area contributed by atoms with Gasteiger partial charge in [0, 0.05) is 6.54 Å². The van der Waals surface area contributed by atoms with Gasteiger partial charge in [0.05, 0.1) is 19.1 Å². The van der Waals surface area contributed by atoms with Gasteiger partial charge in [-0.15, -0.1) is 6.42 Å². The number of nitrogens with one attached hydrogen (secondary N) is 2. The molecule has 0 aromatic heterocycles. The lowest BCUT2D eigenvalue weighted by Gasteiger charge is -2.30. The first-order valence-corrected chi connectivity index (χ1v) is 7.42. The molecule has 1 unspecified atom stereocenters. The van der Waals surface area contributed by atoms with E-state index in [1.807, 2.05) is 18.2 Å². The van der Waals surface area contributed by atoms with Crippen LogP contribution in [-0.2, 0) is 4.79 Å². The van der Waals surface area contributed by atoms with Crippen LogP contribution in [0.25, 0.3) is 0 Å². The second-order valence-electron chi connectivity index (χ2n) is 4.76. The highest BCUT2D eigenvalue weighted by Gasteiger charge is 2.18. The van der Waals surface area contributed by atoms with Gasteiger partial charge in [0.15, 0.2) is 0 Å². The Morgan fingerprint density at radius 1 is 1.29 bits per heavy atom. The Hall–Kier alpha value is -1.83. The first-order chi connectivity index (χ1) is 10.2. The fourth-order valence-corrected chi connectivity index (χ4v) is 2.32. The molecular weight excluding hydrogens is 262 g/mol. The van der Waals surface area contributed by atoms with Gasteiger partial charge in [0.25, 0.3) is 0 Å². The fraction of sp³-hybridized carbons (Fsp3) is 0.471. The summed E-state index contributed by atoms with van der Waals surface area (Å²) in [6.07, 6.45) is 5.14. The number of amides is 1. The molecule has 0 spiro atoms. The second kappa shape index (κ2) is 9.98. The molecule has 0 saturated carbocycles. The van der Waals surface area contributed by atoms with Crippen LogP contribution in [0.5, 0.6) is 0 Å². The van der Waals surface area contributed by atoms with Crippen molar-refractivity contribution in [1.29, 1.82) is 0 Å². The lowest BCUT2D eigenvalue weighted by atomic mass is 10.1. The van der Waals surface area contributed by atoms with Gasteiger partial charge >= 0.3 is 0 Å². The normalized spacial score (nSPS) is 11.9. The molecule has 0 saturated heterocycles. The van der Waals surface area contributed by atoms with Gasteiger partial charge in [0.1, 0.15) is 0 Å². The van der Waals surface area contributed by atoms with E-state index in [-0.39, 0.29) is 18.5 Å². The lowest BCUT2D eigenvalue weighted by Crippen LogP contribution is -2.41. The number of likely N-dealkylation sites (N-methyl/N-ethyl adjacent to an activating group) is 1.